The molecule has 5 heteroatoms. The van der Waals surface area contributed by atoms with Crippen molar-refractivity contribution in [1.82, 2.24) is 0 Å². The predicted octanol–water partition coefficient (Wildman–Crippen LogP) is 4.22. The van der Waals surface area contributed by atoms with E-state index >= 15 is 0 Å². The SMILES string of the molecule is Cc1cc(C(O)c2ccoc2Br)c(Cl)cc1F. The standard InChI is InChI=1S/C12H9BrClFO2/c1-6-4-8(9(14)5-10(6)15)11(16)7-2-3-17-12(7)13/h2-5,11,16H,1H3. The molecule has 0 saturated heterocycles. The Kier molecular flexibility index (Phi) is 3.56. The van der Waals surface area contributed by atoms with E-state index in [1.807, 2.05) is 0 Å². The average Bonchev–Trinajstić information content (AvgIpc) is 2.69. The monoisotopic (exact) mass is 318 g/mol. The number of aryl methyl sites for hydroxylation is 1. The summed E-state index contributed by atoms with van der Waals surface area (Å²) in [6.07, 6.45) is 0.502. The van der Waals surface area contributed by atoms with Crippen LogP contribution in [0.15, 0.2) is 33.5 Å². The normalized spacial score (nSPS) is 12.8. The van der Waals surface area contributed by atoms with Crippen LogP contribution in [0.1, 0.15) is 22.8 Å². The number of rotatable bonds is 2. The van der Waals surface area contributed by atoms with E-state index in [-0.39, 0.29) is 5.02 Å². The van der Waals surface area contributed by atoms with Gasteiger partial charge in [0.1, 0.15) is 11.9 Å². The van der Waals surface area contributed by atoms with E-state index in [2.05, 4.69) is 15.9 Å². The molecule has 1 unspecified atom stereocenters. The summed E-state index contributed by atoms with van der Waals surface area (Å²) in [5, 5.41) is 10.3. The van der Waals surface area contributed by atoms with Gasteiger partial charge < -0.3 is 9.52 Å². The Hall–Kier alpha value is -0.840. The van der Waals surface area contributed by atoms with Gasteiger partial charge in [0.15, 0.2) is 4.67 Å². The molecule has 2 aromatic rings. The second-order valence-electron chi connectivity index (χ2n) is 3.68. The molecule has 90 valence electrons. The molecule has 1 heterocycles. The quantitative estimate of drug-likeness (QED) is 0.899. The molecule has 1 atom stereocenters. The van der Waals surface area contributed by atoms with E-state index in [0.717, 1.165) is 0 Å². The maximum atomic E-state index is 13.3. The maximum Gasteiger partial charge on any atom is 0.175 e. The van der Waals surface area contributed by atoms with Gasteiger partial charge in [-0.2, -0.15) is 0 Å². The fraction of sp³-hybridized carbons (Fsp3) is 0.167. The summed E-state index contributed by atoms with van der Waals surface area (Å²) in [4.78, 5) is 0. The van der Waals surface area contributed by atoms with Gasteiger partial charge >= 0.3 is 0 Å². The largest absolute Gasteiger partial charge is 0.457 e. The van der Waals surface area contributed by atoms with E-state index < -0.39 is 11.9 Å². The molecule has 17 heavy (non-hydrogen) atoms. The third kappa shape index (κ3) is 2.39. The second kappa shape index (κ2) is 4.80. The number of aliphatic hydroxyl groups is 1. The summed E-state index contributed by atoms with van der Waals surface area (Å²) in [6.45, 7) is 1.62. The first-order chi connectivity index (χ1) is 8.00. The minimum atomic E-state index is -0.949. The molecule has 0 spiro atoms. The van der Waals surface area contributed by atoms with Crippen molar-refractivity contribution in [2.75, 3.05) is 0 Å². The summed E-state index contributed by atoms with van der Waals surface area (Å²) in [7, 11) is 0. The smallest absolute Gasteiger partial charge is 0.175 e. The van der Waals surface area contributed by atoms with Crippen molar-refractivity contribution in [3.63, 3.8) is 0 Å². The van der Waals surface area contributed by atoms with Crippen LogP contribution in [0.5, 0.6) is 0 Å². The summed E-state index contributed by atoms with van der Waals surface area (Å²) in [5.74, 6) is -0.391. The molecule has 0 radical (unpaired) electrons. The van der Waals surface area contributed by atoms with E-state index in [9.17, 15) is 9.50 Å². The zero-order valence-electron chi connectivity index (χ0n) is 8.88. The molecule has 2 nitrogen and oxygen atoms in total. The first-order valence-electron chi connectivity index (χ1n) is 4.87. The van der Waals surface area contributed by atoms with Gasteiger partial charge in [-0.15, -0.1) is 0 Å². The number of hydrogen-bond donors (Lipinski definition) is 1. The van der Waals surface area contributed by atoms with Crippen molar-refractivity contribution in [2.24, 2.45) is 0 Å². The van der Waals surface area contributed by atoms with E-state index in [0.29, 0.717) is 21.4 Å². The van der Waals surface area contributed by atoms with Crippen LogP contribution in [0.2, 0.25) is 5.02 Å². The Morgan fingerprint density at radius 3 is 2.71 bits per heavy atom. The highest BCUT2D eigenvalue weighted by Gasteiger charge is 2.19. The highest BCUT2D eigenvalue weighted by Crippen LogP contribution is 2.34. The Bertz CT molecular complexity index is 553. The Morgan fingerprint density at radius 1 is 1.41 bits per heavy atom. The summed E-state index contributed by atoms with van der Waals surface area (Å²) in [5.41, 5.74) is 1.44. The van der Waals surface area contributed by atoms with Gasteiger partial charge in [0.2, 0.25) is 0 Å². The molecule has 0 aliphatic rings. The molecular weight excluding hydrogens is 310 g/mol. The van der Waals surface area contributed by atoms with Crippen molar-refractivity contribution < 1.29 is 13.9 Å². The molecule has 0 bridgehead atoms. The maximum absolute atomic E-state index is 13.3. The zero-order valence-corrected chi connectivity index (χ0v) is 11.2. The van der Waals surface area contributed by atoms with Gasteiger partial charge in [-0.25, -0.2) is 4.39 Å². The minimum absolute atomic E-state index is 0.189. The lowest BCUT2D eigenvalue weighted by molar-refractivity contribution is 0.218. The molecule has 0 aliphatic heterocycles. The highest BCUT2D eigenvalue weighted by atomic mass is 79.9. The summed E-state index contributed by atoms with van der Waals surface area (Å²) >= 11 is 9.10. The first-order valence-corrected chi connectivity index (χ1v) is 6.04. The van der Waals surface area contributed by atoms with E-state index in [1.165, 1.54) is 18.4 Å². The molecular formula is C12H9BrClFO2. The lowest BCUT2D eigenvalue weighted by atomic mass is 10.0. The van der Waals surface area contributed by atoms with Crippen LogP contribution >= 0.6 is 27.5 Å². The molecule has 2 rings (SSSR count). The fourth-order valence-electron chi connectivity index (χ4n) is 1.56. The van der Waals surface area contributed by atoms with Crippen LogP contribution < -0.4 is 0 Å². The Morgan fingerprint density at radius 2 is 2.12 bits per heavy atom. The third-order valence-electron chi connectivity index (χ3n) is 2.51. The molecule has 1 aromatic heterocycles. The summed E-state index contributed by atoms with van der Waals surface area (Å²) in [6, 6.07) is 4.36. The van der Waals surface area contributed by atoms with Gasteiger partial charge in [-0.1, -0.05) is 11.6 Å². The number of benzene rings is 1. The highest BCUT2D eigenvalue weighted by molar-refractivity contribution is 9.10. The molecule has 0 aliphatic carbocycles. The van der Waals surface area contributed by atoms with E-state index in [1.54, 1.807) is 13.0 Å². The average molecular weight is 320 g/mol. The van der Waals surface area contributed by atoms with Crippen LogP contribution in [0.25, 0.3) is 0 Å². The zero-order chi connectivity index (χ0) is 12.6. The fourth-order valence-corrected chi connectivity index (χ4v) is 2.27. The molecule has 0 fully saturated rings. The van der Waals surface area contributed by atoms with Gasteiger partial charge in [-0.3, -0.25) is 0 Å². The van der Waals surface area contributed by atoms with Crippen LogP contribution in [-0.4, -0.2) is 5.11 Å². The van der Waals surface area contributed by atoms with Gasteiger partial charge in [0.05, 0.1) is 6.26 Å². The van der Waals surface area contributed by atoms with Crippen molar-refractivity contribution in [3.8, 4) is 0 Å². The molecule has 1 N–H and O–H groups in total. The minimum Gasteiger partial charge on any atom is -0.457 e. The number of hydrogen-bond acceptors (Lipinski definition) is 2. The number of furan rings is 1. The third-order valence-corrected chi connectivity index (χ3v) is 3.49. The van der Waals surface area contributed by atoms with Crippen molar-refractivity contribution >= 4 is 27.5 Å². The Labute approximate surface area is 111 Å². The van der Waals surface area contributed by atoms with Crippen LogP contribution in [-0.2, 0) is 0 Å². The van der Waals surface area contributed by atoms with Crippen LogP contribution in [0, 0.1) is 12.7 Å². The topological polar surface area (TPSA) is 33.4 Å². The number of halogens is 3. The predicted molar refractivity (Wildman–Crippen MR) is 66.6 cm³/mol. The van der Waals surface area contributed by atoms with Crippen molar-refractivity contribution in [3.05, 3.63) is 56.7 Å². The molecule has 1 aromatic carbocycles. The van der Waals surface area contributed by atoms with Crippen LogP contribution in [0.3, 0.4) is 0 Å². The lowest BCUT2D eigenvalue weighted by Crippen LogP contribution is -2.01. The van der Waals surface area contributed by atoms with Gasteiger partial charge in [0.25, 0.3) is 0 Å². The van der Waals surface area contributed by atoms with Gasteiger partial charge in [-0.05, 0) is 46.6 Å². The van der Waals surface area contributed by atoms with Gasteiger partial charge in [0, 0.05) is 16.1 Å². The molecule has 0 saturated carbocycles. The van der Waals surface area contributed by atoms with E-state index in [4.69, 9.17) is 16.0 Å². The second-order valence-corrected chi connectivity index (χ2v) is 4.80. The first kappa shape index (κ1) is 12.6. The Balaban J connectivity index is 2.48. The van der Waals surface area contributed by atoms with Crippen molar-refractivity contribution in [2.45, 2.75) is 13.0 Å². The lowest BCUT2D eigenvalue weighted by Gasteiger charge is -2.13. The molecule has 0 amide bonds. The van der Waals surface area contributed by atoms with Crippen LogP contribution in [0.4, 0.5) is 4.39 Å². The summed E-state index contributed by atoms with van der Waals surface area (Å²) < 4.78 is 18.7. The van der Waals surface area contributed by atoms with Crippen molar-refractivity contribution in [1.29, 1.82) is 0 Å². The number of aliphatic hydroxyl groups excluding tert-OH is 1.